The lowest BCUT2D eigenvalue weighted by Crippen LogP contribution is -2.26. The van der Waals surface area contributed by atoms with Gasteiger partial charge in [-0.2, -0.15) is 0 Å². The number of nitrogens with one attached hydrogen (secondary N) is 2. The maximum Gasteiger partial charge on any atom is 0.246 e. The van der Waals surface area contributed by atoms with E-state index in [2.05, 4.69) is 40.7 Å². The van der Waals surface area contributed by atoms with Gasteiger partial charge in [0, 0.05) is 30.0 Å². The van der Waals surface area contributed by atoms with E-state index in [4.69, 9.17) is 0 Å². The Labute approximate surface area is 120 Å². The third-order valence-corrected chi connectivity index (χ3v) is 4.19. The Morgan fingerprint density at radius 2 is 2.20 bits per heavy atom. The molecule has 1 heterocycles. The zero-order valence-electron chi connectivity index (χ0n) is 12.3. The van der Waals surface area contributed by atoms with Crippen molar-refractivity contribution in [3.05, 3.63) is 23.8 Å². The Balaban J connectivity index is 1.83. The average Bonchev–Trinajstić information content (AvgIpc) is 3.19. The Morgan fingerprint density at radius 1 is 1.40 bits per heavy atom. The fourth-order valence-corrected chi connectivity index (χ4v) is 2.94. The van der Waals surface area contributed by atoms with Crippen LogP contribution in [0.1, 0.15) is 37.8 Å². The summed E-state index contributed by atoms with van der Waals surface area (Å²) in [6.07, 6.45) is 3.88. The molecular weight excluding hydrogens is 250 g/mol. The van der Waals surface area contributed by atoms with Gasteiger partial charge >= 0.3 is 0 Å². The normalized spacial score (nSPS) is 20.7. The van der Waals surface area contributed by atoms with Crippen LogP contribution in [-0.4, -0.2) is 26.0 Å². The fourth-order valence-electron chi connectivity index (χ4n) is 2.94. The van der Waals surface area contributed by atoms with Gasteiger partial charge in [-0.3, -0.25) is 4.79 Å². The molecule has 0 radical (unpaired) electrons. The van der Waals surface area contributed by atoms with Crippen LogP contribution in [0, 0.1) is 5.92 Å². The van der Waals surface area contributed by atoms with E-state index >= 15 is 0 Å². The molecule has 0 spiro atoms. The summed E-state index contributed by atoms with van der Waals surface area (Å²) in [5.74, 6) is 0.915. The number of anilines is 2. The third kappa shape index (κ3) is 2.52. The summed E-state index contributed by atoms with van der Waals surface area (Å²) in [6, 6.07) is 6.16. The molecule has 1 fully saturated rings. The van der Waals surface area contributed by atoms with Crippen molar-refractivity contribution in [1.29, 1.82) is 0 Å². The molecule has 1 aromatic rings. The summed E-state index contributed by atoms with van der Waals surface area (Å²) in [6.45, 7) is 4.45. The second-order valence-electron chi connectivity index (χ2n) is 5.87. The lowest BCUT2D eigenvalue weighted by atomic mass is 10.1. The van der Waals surface area contributed by atoms with Crippen LogP contribution in [0.25, 0.3) is 0 Å². The van der Waals surface area contributed by atoms with Crippen molar-refractivity contribution in [2.75, 3.05) is 30.4 Å². The molecule has 2 aliphatic rings. The molecule has 4 heteroatoms. The van der Waals surface area contributed by atoms with Gasteiger partial charge in [-0.05, 0) is 44.4 Å². The summed E-state index contributed by atoms with van der Waals surface area (Å²) in [5, 5.41) is 6.04. The van der Waals surface area contributed by atoms with Crippen molar-refractivity contribution in [3.63, 3.8) is 0 Å². The van der Waals surface area contributed by atoms with Crippen molar-refractivity contribution < 1.29 is 4.79 Å². The van der Waals surface area contributed by atoms with Crippen molar-refractivity contribution in [2.24, 2.45) is 5.92 Å². The minimum atomic E-state index is -0.206. The van der Waals surface area contributed by atoms with E-state index < -0.39 is 0 Å². The molecule has 1 saturated carbocycles. The summed E-state index contributed by atoms with van der Waals surface area (Å²) in [5.41, 5.74) is 3.25. The smallest absolute Gasteiger partial charge is 0.246 e. The van der Waals surface area contributed by atoms with Gasteiger partial charge in [-0.25, -0.2) is 0 Å². The number of hydrogen-bond acceptors (Lipinski definition) is 3. The summed E-state index contributed by atoms with van der Waals surface area (Å²) < 4.78 is 0. The fraction of sp³-hybridized carbons (Fsp3) is 0.562. The predicted molar refractivity (Wildman–Crippen MR) is 82.1 cm³/mol. The molecule has 1 aliphatic heterocycles. The molecule has 1 atom stereocenters. The molecule has 0 bridgehead atoms. The first-order valence-electron chi connectivity index (χ1n) is 7.60. The lowest BCUT2D eigenvalue weighted by Gasteiger charge is -2.25. The van der Waals surface area contributed by atoms with Gasteiger partial charge in [0.05, 0.1) is 0 Å². The minimum Gasteiger partial charge on any atom is -0.371 e. The number of benzene rings is 1. The van der Waals surface area contributed by atoms with E-state index in [0.29, 0.717) is 0 Å². The third-order valence-electron chi connectivity index (χ3n) is 4.19. The van der Waals surface area contributed by atoms with Crippen molar-refractivity contribution in [1.82, 2.24) is 5.32 Å². The standard InChI is InChI=1S/C16H23N3O/c1-3-8-19(10-11-4-5-11)12-6-7-13-14(9-12)18-16(20)15(13)17-2/h6-7,9,11,15,17H,3-5,8,10H2,1-2H3,(H,18,20). The Morgan fingerprint density at radius 3 is 2.85 bits per heavy atom. The highest BCUT2D eigenvalue weighted by Gasteiger charge is 2.30. The molecule has 3 rings (SSSR count). The zero-order valence-corrected chi connectivity index (χ0v) is 12.3. The Bertz CT molecular complexity index is 510. The highest BCUT2D eigenvalue weighted by molar-refractivity contribution is 6.03. The summed E-state index contributed by atoms with van der Waals surface area (Å²) in [7, 11) is 1.82. The predicted octanol–water partition coefficient (Wildman–Crippen LogP) is 2.53. The van der Waals surface area contributed by atoms with Crippen LogP contribution in [0.4, 0.5) is 11.4 Å². The monoisotopic (exact) mass is 273 g/mol. The quantitative estimate of drug-likeness (QED) is 0.837. The van der Waals surface area contributed by atoms with Gasteiger partial charge in [0.25, 0.3) is 0 Å². The molecule has 0 saturated heterocycles. The van der Waals surface area contributed by atoms with Crippen molar-refractivity contribution in [2.45, 2.75) is 32.2 Å². The van der Waals surface area contributed by atoms with Gasteiger partial charge in [0.2, 0.25) is 5.91 Å². The number of hydrogen-bond donors (Lipinski definition) is 2. The largest absolute Gasteiger partial charge is 0.371 e. The van der Waals surface area contributed by atoms with E-state index in [1.54, 1.807) is 0 Å². The lowest BCUT2D eigenvalue weighted by molar-refractivity contribution is -0.117. The van der Waals surface area contributed by atoms with E-state index in [1.165, 1.54) is 18.5 Å². The molecule has 1 amide bonds. The zero-order chi connectivity index (χ0) is 14.1. The SMILES string of the molecule is CCCN(CC1CC1)c1ccc2c(c1)NC(=O)C2NC. The molecule has 4 nitrogen and oxygen atoms in total. The summed E-state index contributed by atoms with van der Waals surface area (Å²) in [4.78, 5) is 14.3. The van der Waals surface area contributed by atoms with Gasteiger partial charge in [-0.15, -0.1) is 0 Å². The van der Waals surface area contributed by atoms with E-state index in [-0.39, 0.29) is 11.9 Å². The Hall–Kier alpha value is -1.55. The number of rotatable bonds is 6. The second kappa shape index (κ2) is 5.44. The van der Waals surface area contributed by atoms with Gasteiger partial charge in [0.1, 0.15) is 6.04 Å². The van der Waals surface area contributed by atoms with Crippen LogP contribution in [0.3, 0.4) is 0 Å². The van der Waals surface area contributed by atoms with Crippen LogP contribution in [0.5, 0.6) is 0 Å². The van der Waals surface area contributed by atoms with Crippen molar-refractivity contribution >= 4 is 17.3 Å². The number of likely N-dealkylation sites (N-methyl/N-ethyl adjacent to an activating group) is 1. The first kappa shape index (κ1) is 13.4. The highest BCUT2D eigenvalue weighted by Crippen LogP contribution is 2.36. The molecule has 108 valence electrons. The maximum absolute atomic E-state index is 11.9. The van der Waals surface area contributed by atoms with Gasteiger partial charge in [-0.1, -0.05) is 13.0 Å². The van der Waals surface area contributed by atoms with Crippen molar-refractivity contribution in [3.8, 4) is 0 Å². The molecule has 1 unspecified atom stereocenters. The van der Waals surface area contributed by atoms with E-state index in [1.807, 2.05) is 7.05 Å². The number of nitrogens with zero attached hydrogens (tertiary/aromatic N) is 1. The Kier molecular flexibility index (Phi) is 3.66. The molecule has 1 aliphatic carbocycles. The topological polar surface area (TPSA) is 44.4 Å². The van der Waals surface area contributed by atoms with Gasteiger partial charge in [0.15, 0.2) is 0 Å². The molecule has 20 heavy (non-hydrogen) atoms. The molecular formula is C16H23N3O. The average molecular weight is 273 g/mol. The first-order valence-corrected chi connectivity index (χ1v) is 7.60. The van der Waals surface area contributed by atoms with Gasteiger partial charge < -0.3 is 15.5 Å². The van der Waals surface area contributed by atoms with Crippen LogP contribution < -0.4 is 15.5 Å². The highest BCUT2D eigenvalue weighted by atomic mass is 16.2. The first-order chi connectivity index (χ1) is 9.72. The van der Waals surface area contributed by atoms with Crippen LogP contribution in [0.2, 0.25) is 0 Å². The minimum absolute atomic E-state index is 0.0453. The van der Waals surface area contributed by atoms with Crippen LogP contribution in [0.15, 0.2) is 18.2 Å². The van der Waals surface area contributed by atoms with Crippen LogP contribution >= 0.6 is 0 Å². The molecule has 1 aromatic carbocycles. The van der Waals surface area contributed by atoms with Crippen LogP contribution in [-0.2, 0) is 4.79 Å². The number of carbonyl (C=O) groups is 1. The summed E-state index contributed by atoms with van der Waals surface area (Å²) >= 11 is 0. The number of fused-ring (bicyclic) bond motifs is 1. The number of carbonyl (C=O) groups excluding carboxylic acids is 1. The molecule has 2 N–H and O–H groups in total. The van der Waals surface area contributed by atoms with E-state index in [0.717, 1.165) is 36.7 Å². The maximum atomic E-state index is 11.9. The van der Waals surface area contributed by atoms with E-state index in [9.17, 15) is 4.79 Å². The second-order valence-corrected chi connectivity index (χ2v) is 5.87. The number of amides is 1. The molecule has 0 aromatic heterocycles.